The topological polar surface area (TPSA) is 61.4 Å². The highest BCUT2D eigenvalue weighted by Crippen LogP contribution is 2.24. The Labute approximate surface area is 131 Å². The minimum absolute atomic E-state index is 0.418. The first kappa shape index (κ1) is 16.9. The molecular formula is C12H25N3O2S3. The monoisotopic (exact) mass is 339 g/mol. The molecule has 5 nitrogen and oxygen atoms in total. The van der Waals surface area contributed by atoms with Crippen molar-refractivity contribution in [2.24, 2.45) is 5.92 Å². The summed E-state index contributed by atoms with van der Waals surface area (Å²) in [6, 6.07) is 0. The van der Waals surface area contributed by atoms with Crippen molar-refractivity contribution < 1.29 is 8.42 Å². The van der Waals surface area contributed by atoms with Gasteiger partial charge < -0.3 is 5.32 Å². The van der Waals surface area contributed by atoms with Crippen LogP contribution >= 0.6 is 23.5 Å². The quantitative estimate of drug-likeness (QED) is 0.742. The zero-order chi connectivity index (χ0) is 14.4. The van der Waals surface area contributed by atoms with Gasteiger partial charge in [0.15, 0.2) is 0 Å². The first-order chi connectivity index (χ1) is 9.62. The molecule has 118 valence electrons. The lowest BCUT2D eigenvalue weighted by Crippen LogP contribution is -2.49. The van der Waals surface area contributed by atoms with Crippen molar-refractivity contribution in [2.45, 2.75) is 18.1 Å². The number of nitrogens with one attached hydrogen (secondary N) is 2. The molecule has 0 spiro atoms. The van der Waals surface area contributed by atoms with E-state index in [1.807, 2.05) is 30.6 Å². The molecule has 0 aromatic carbocycles. The Balaban J connectivity index is 1.82. The standard InChI is InChI=1S/C12H25N3O2S3/c1-13-7-11-3-2-4-15(9-11)20(16,17)14-8-12-10-18-5-6-19-12/h11-14H,2-10H2,1H3. The molecule has 2 N–H and O–H groups in total. The fourth-order valence-corrected chi connectivity index (χ4v) is 6.73. The van der Waals surface area contributed by atoms with Gasteiger partial charge in [-0.2, -0.15) is 36.2 Å². The summed E-state index contributed by atoms with van der Waals surface area (Å²) in [4.78, 5) is 0. The van der Waals surface area contributed by atoms with Crippen LogP contribution in [0.1, 0.15) is 12.8 Å². The van der Waals surface area contributed by atoms with E-state index in [9.17, 15) is 8.42 Å². The first-order valence-electron chi connectivity index (χ1n) is 7.20. The Morgan fingerprint density at radius 1 is 1.30 bits per heavy atom. The Hall–Kier alpha value is 0.530. The Bertz CT molecular complexity index is 383. The van der Waals surface area contributed by atoms with Gasteiger partial charge in [-0.25, -0.2) is 4.72 Å². The summed E-state index contributed by atoms with van der Waals surface area (Å²) in [5, 5.41) is 3.56. The summed E-state index contributed by atoms with van der Waals surface area (Å²) >= 11 is 3.80. The molecule has 2 aliphatic rings. The van der Waals surface area contributed by atoms with Crippen LogP contribution in [0.25, 0.3) is 0 Å². The molecule has 20 heavy (non-hydrogen) atoms. The van der Waals surface area contributed by atoms with Crippen LogP contribution in [0.15, 0.2) is 0 Å². The molecule has 2 saturated heterocycles. The van der Waals surface area contributed by atoms with Gasteiger partial charge in [0.1, 0.15) is 0 Å². The van der Waals surface area contributed by atoms with E-state index in [1.165, 1.54) is 5.75 Å². The summed E-state index contributed by atoms with van der Waals surface area (Å²) in [5.41, 5.74) is 0. The van der Waals surface area contributed by atoms with E-state index in [4.69, 9.17) is 0 Å². The maximum atomic E-state index is 12.4. The van der Waals surface area contributed by atoms with Gasteiger partial charge >= 0.3 is 0 Å². The molecule has 0 aromatic heterocycles. The lowest BCUT2D eigenvalue weighted by atomic mass is 10.00. The van der Waals surface area contributed by atoms with Crippen molar-refractivity contribution in [3.05, 3.63) is 0 Å². The van der Waals surface area contributed by atoms with Crippen LogP contribution in [0.3, 0.4) is 0 Å². The molecule has 0 saturated carbocycles. The smallest absolute Gasteiger partial charge is 0.279 e. The fourth-order valence-electron chi connectivity index (χ4n) is 2.64. The van der Waals surface area contributed by atoms with Crippen LogP contribution in [-0.2, 0) is 10.2 Å². The largest absolute Gasteiger partial charge is 0.319 e. The molecule has 2 atom stereocenters. The number of thioether (sulfide) groups is 2. The zero-order valence-corrected chi connectivity index (χ0v) is 14.5. The van der Waals surface area contributed by atoms with Crippen LogP contribution in [0.4, 0.5) is 0 Å². The van der Waals surface area contributed by atoms with Crippen molar-refractivity contribution in [1.82, 2.24) is 14.3 Å². The van der Waals surface area contributed by atoms with Gasteiger partial charge in [-0.1, -0.05) is 0 Å². The maximum absolute atomic E-state index is 12.4. The molecule has 8 heteroatoms. The highest BCUT2D eigenvalue weighted by atomic mass is 32.2. The van der Waals surface area contributed by atoms with Crippen LogP contribution in [0.5, 0.6) is 0 Å². The highest BCUT2D eigenvalue weighted by Gasteiger charge is 2.29. The van der Waals surface area contributed by atoms with Gasteiger partial charge in [-0.15, -0.1) is 0 Å². The summed E-state index contributed by atoms with van der Waals surface area (Å²) in [7, 11) is -1.38. The van der Waals surface area contributed by atoms with Crippen molar-refractivity contribution in [1.29, 1.82) is 0 Å². The molecule has 0 bridgehead atoms. The Morgan fingerprint density at radius 2 is 2.15 bits per heavy atom. The molecule has 2 heterocycles. The summed E-state index contributed by atoms with van der Waals surface area (Å²) in [5.74, 6) is 3.80. The van der Waals surface area contributed by atoms with E-state index in [1.54, 1.807) is 4.31 Å². The highest BCUT2D eigenvalue weighted by molar-refractivity contribution is 8.06. The third-order valence-corrected chi connectivity index (χ3v) is 8.08. The second-order valence-corrected chi connectivity index (χ2v) is 9.66. The van der Waals surface area contributed by atoms with E-state index >= 15 is 0 Å². The van der Waals surface area contributed by atoms with E-state index in [-0.39, 0.29) is 0 Å². The van der Waals surface area contributed by atoms with E-state index < -0.39 is 10.2 Å². The third-order valence-electron chi connectivity index (χ3n) is 3.69. The van der Waals surface area contributed by atoms with E-state index in [2.05, 4.69) is 10.0 Å². The Kier molecular flexibility index (Phi) is 6.96. The predicted molar refractivity (Wildman–Crippen MR) is 88.7 cm³/mol. The van der Waals surface area contributed by atoms with Gasteiger partial charge in [-0.3, -0.25) is 0 Å². The minimum atomic E-state index is -3.30. The van der Waals surface area contributed by atoms with Crippen molar-refractivity contribution in [2.75, 3.05) is 50.5 Å². The van der Waals surface area contributed by atoms with Crippen LogP contribution in [0.2, 0.25) is 0 Å². The molecule has 0 amide bonds. The van der Waals surface area contributed by atoms with Gasteiger partial charge in [0.2, 0.25) is 0 Å². The molecule has 0 aromatic rings. The molecular weight excluding hydrogens is 314 g/mol. The number of nitrogens with zero attached hydrogens (tertiary/aromatic N) is 1. The normalized spacial score (nSPS) is 29.4. The Morgan fingerprint density at radius 3 is 2.85 bits per heavy atom. The summed E-state index contributed by atoms with van der Waals surface area (Å²) in [6.07, 6.45) is 2.07. The van der Waals surface area contributed by atoms with Crippen LogP contribution in [0, 0.1) is 5.92 Å². The third kappa shape index (κ3) is 5.06. The van der Waals surface area contributed by atoms with E-state index in [0.717, 1.165) is 30.9 Å². The number of hydrogen-bond donors (Lipinski definition) is 2. The molecule has 0 radical (unpaired) electrons. The molecule has 0 aliphatic carbocycles. The maximum Gasteiger partial charge on any atom is 0.279 e. The van der Waals surface area contributed by atoms with Gasteiger partial charge in [0.05, 0.1) is 0 Å². The minimum Gasteiger partial charge on any atom is -0.319 e. The zero-order valence-electron chi connectivity index (χ0n) is 12.0. The molecule has 2 fully saturated rings. The first-order valence-corrected chi connectivity index (χ1v) is 10.8. The number of hydrogen-bond acceptors (Lipinski definition) is 5. The van der Waals surface area contributed by atoms with Gasteiger partial charge in [0, 0.05) is 42.1 Å². The summed E-state index contributed by atoms with van der Waals surface area (Å²) in [6.45, 7) is 2.75. The lowest BCUT2D eigenvalue weighted by molar-refractivity contribution is 0.261. The average molecular weight is 340 g/mol. The van der Waals surface area contributed by atoms with E-state index in [0.29, 0.717) is 30.8 Å². The molecule has 2 aliphatic heterocycles. The molecule has 2 unspecified atom stereocenters. The second kappa shape index (κ2) is 8.24. The van der Waals surface area contributed by atoms with Crippen molar-refractivity contribution >= 4 is 33.7 Å². The average Bonchev–Trinajstić information content (AvgIpc) is 2.47. The fraction of sp³-hybridized carbons (Fsp3) is 1.00. The number of rotatable bonds is 6. The van der Waals surface area contributed by atoms with Crippen molar-refractivity contribution in [3.8, 4) is 0 Å². The summed E-state index contributed by atoms with van der Waals surface area (Å²) < 4.78 is 29.1. The predicted octanol–water partition coefficient (Wildman–Crippen LogP) is 0.601. The van der Waals surface area contributed by atoms with Gasteiger partial charge in [-0.05, 0) is 32.4 Å². The second-order valence-electron chi connectivity index (χ2n) is 5.35. The van der Waals surface area contributed by atoms with Crippen LogP contribution in [-0.4, -0.2) is 68.5 Å². The van der Waals surface area contributed by atoms with Gasteiger partial charge in [0.25, 0.3) is 10.2 Å². The lowest BCUT2D eigenvalue weighted by Gasteiger charge is -2.32. The molecule has 2 rings (SSSR count). The number of piperidine rings is 1. The van der Waals surface area contributed by atoms with Crippen LogP contribution < -0.4 is 10.0 Å². The van der Waals surface area contributed by atoms with Crippen molar-refractivity contribution in [3.63, 3.8) is 0 Å². The SMILES string of the molecule is CNCC1CCCN(S(=O)(=O)NCC2CSCCS2)C1.